The first-order valence-corrected chi connectivity index (χ1v) is 5.05. The minimum Gasteiger partial charge on any atom is -0.505 e. The predicted octanol–water partition coefficient (Wildman–Crippen LogP) is 1.34. The van der Waals surface area contributed by atoms with Gasteiger partial charge in [-0.3, -0.25) is 0 Å². The smallest absolute Gasteiger partial charge is 0.335 e. The van der Waals surface area contributed by atoms with Gasteiger partial charge in [0.05, 0.1) is 7.11 Å². The summed E-state index contributed by atoms with van der Waals surface area (Å²) in [6, 6.07) is 3.71. The molecule has 94 valence electrons. The van der Waals surface area contributed by atoms with Crippen molar-refractivity contribution < 1.29 is 24.1 Å². The quantitative estimate of drug-likeness (QED) is 0.785. The second kappa shape index (κ2) is 4.71. The van der Waals surface area contributed by atoms with Gasteiger partial charge in [0.15, 0.2) is 17.7 Å². The van der Waals surface area contributed by atoms with Crippen LogP contribution in [-0.2, 0) is 14.9 Å². The van der Waals surface area contributed by atoms with E-state index in [2.05, 4.69) is 4.74 Å². The number of aliphatic hydroxyl groups excluding tert-OH is 1. The molecule has 0 amide bonds. The SMILES string of the molecule is COC(=O)C(O)C(C)(C)c1ccc(O)c(F)c1. The molecule has 1 unspecified atom stereocenters. The largest absolute Gasteiger partial charge is 0.505 e. The van der Waals surface area contributed by atoms with Gasteiger partial charge < -0.3 is 14.9 Å². The lowest BCUT2D eigenvalue weighted by molar-refractivity contribution is -0.153. The zero-order chi connectivity index (χ0) is 13.2. The average Bonchev–Trinajstić information content (AvgIpc) is 2.30. The van der Waals surface area contributed by atoms with Gasteiger partial charge in [-0.1, -0.05) is 19.9 Å². The van der Waals surface area contributed by atoms with Gasteiger partial charge in [-0.05, 0) is 17.7 Å². The van der Waals surface area contributed by atoms with Crippen LogP contribution in [0.1, 0.15) is 19.4 Å². The van der Waals surface area contributed by atoms with E-state index in [0.29, 0.717) is 5.56 Å². The van der Waals surface area contributed by atoms with Crippen LogP contribution in [0.5, 0.6) is 5.75 Å². The van der Waals surface area contributed by atoms with Crippen LogP contribution >= 0.6 is 0 Å². The van der Waals surface area contributed by atoms with Crippen molar-refractivity contribution in [2.24, 2.45) is 0 Å². The van der Waals surface area contributed by atoms with Crippen molar-refractivity contribution in [3.05, 3.63) is 29.6 Å². The molecule has 0 aliphatic heterocycles. The number of aliphatic hydroxyl groups is 1. The number of halogens is 1. The summed E-state index contributed by atoms with van der Waals surface area (Å²) >= 11 is 0. The van der Waals surface area contributed by atoms with Crippen LogP contribution in [0.3, 0.4) is 0 Å². The second-order valence-electron chi connectivity index (χ2n) is 4.31. The fourth-order valence-corrected chi connectivity index (χ4v) is 1.47. The predicted molar refractivity (Wildman–Crippen MR) is 59.1 cm³/mol. The van der Waals surface area contributed by atoms with Gasteiger partial charge in [-0.15, -0.1) is 0 Å². The maximum Gasteiger partial charge on any atom is 0.335 e. The Hall–Kier alpha value is -1.62. The van der Waals surface area contributed by atoms with Gasteiger partial charge in [0, 0.05) is 5.41 Å². The Labute approximate surface area is 98.7 Å². The molecular weight excluding hydrogens is 227 g/mol. The van der Waals surface area contributed by atoms with Crippen molar-refractivity contribution in [3.8, 4) is 5.75 Å². The molecule has 1 atom stereocenters. The van der Waals surface area contributed by atoms with E-state index in [1.807, 2.05) is 0 Å². The maximum atomic E-state index is 13.2. The number of esters is 1. The Morgan fingerprint density at radius 1 is 1.47 bits per heavy atom. The van der Waals surface area contributed by atoms with E-state index >= 15 is 0 Å². The summed E-state index contributed by atoms with van der Waals surface area (Å²) in [7, 11) is 1.17. The molecular formula is C12H15FO4. The summed E-state index contributed by atoms with van der Waals surface area (Å²) in [5.74, 6) is -2.06. The standard InChI is InChI=1S/C12H15FO4/c1-12(2,10(15)11(16)17-3)7-4-5-9(14)8(13)6-7/h4-6,10,14-15H,1-3H3. The van der Waals surface area contributed by atoms with Crippen molar-refractivity contribution in [2.75, 3.05) is 7.11 Å². The van der Waals surface area contributed by atoms with Crippen molar-refractivity contribution in [2.45, 2.75) is 25.4 Å². The number of carbonyl (C=O) groups is 1. The number of aromatic hydroxyl groups is 1. The molecule has 0 bridgehead atoms. The molecule has 1 aromatic rings. The third-order valence-corrected chi connectivity index (χ3v) is 2.80. The summed E-state index contributed by atoms with van der Waals surface area (Å²) in [4.78, 5) is 11.3. The number of phenolic OH excluding ortho intramolecular Hbond substituents is 1. The lowest BCUT2D eigenvalue weighted by Gasteiger charge is -2.29. The van der Waals surface area contributed by atoms with Crippen LogP contribution in [-0.4, -0.2) is 29.4 Å². The third kappa shape index (κ3) is 2.55. The van der Waals surface area contributed by atoms with E-state index in [1.165, 1.54) is 19.2 Å². The first-order chi connectivity index (χ1) is 7.80. The second-order valence-corrected chi connectivity index (χ2v) is 4.31. The fraction of sp³-hybridized carbons (Fsp3) is 0.417. The lowest BCUT2D eigenvalue weighted by atomic mass is 9.79. The normalized spacial score (nSPS) is 13.2. The van der Waals surface area contributed by atoms with Crippen molar-refractivity contribution >= 4 is 5.97 Å². The van der Waals surface area contributed by atoms with Gasteiger partial charge in [0.1, 0.15) is 0 Å². The highest BCUT2D eigenvalue weighted by Crippen LogP contribution is 2.30. The van der Waals surface area contributed by atoms with E-state index < -0.39 is 29.1 Å². The molecule has 0 saturated carbocycles. The van der Waals surface area contributed by atoms with E-state index in [9.17, 15) is 14.3 Å². The number of hydrogen-bond donors (Lipinski definition) is 2. The Balaban J connectivity index is 3.11. The summed E-state index contributed by atoms with van der Waals surface area (Å²) in [6.07, 6.45) is -1.41. The molecule has 2 N–H and O–H groups in total. The molecule has 0 aliphatic rings. The van der Waals surface area contributed by atoms with E-state index in [4.69, 9.17) is 5.11 Å². The highest BCUT2D eigenvalue weighted by Gasteiger charge is 2.36. The first kappa shape index (κ1) is 13.4. The first-order valence-electron chi connectivity index (χ1n) is 5.05. The Morgan fingerprint density at radius 3 is 2.53 bits per heavy atom. The Kier molecular flexibility index (Phi) is 3.72. The number of benzene rings is 1. The van der Waals surface area contributed by atoms with Crippen molar-refractivity contribution in [1.82, 2.24) is 0 Å². The molecule has 0 aliphatic carbocycles. The van der Waals surface area contributed by atoms with Crippen LogP contribution < -0.4 is 0 Å². The summed E-state index contributed by atoms with van der Waals surface area (Å²) < 4.78 is 17.6. The summed E-state index contributed by atoms with van der Waals surface area (Å²) in [5, 5.41) is 18.9. The van der Waals surface area contributed by atoms with Crippen molar-refractivity contribution in [3.63, 3.8) is 0 Å². The Morgan fingerprint density at radius 2 is 2.06 bits per heavy atom. The molecule has 0 saturated heterocycles. The van der Waals surface area contributed by atoms with Gasteiger partial charge >= 0.3 is 5.97 Å². The Bertz CT molecular complexity index is 429. The highest BCUT2D eigenvalue weighted by molar-refractivity contribution is 5.76. The molecule has 0 fully saturated rings. The minimum atomic E-state index is -1.41. The van der Waals surface area contributed by atoms with Crippen molar-refractivity contribution in [1.29, 1.82) is 0 Å². The molecule has 17 heavy (non-hydrogen) atoms. The fourth-order valence-electron chi connectivity index (χ4n) is 1.47. The monoisotopic (exact) mass is 242 g/mol. The number of rotatable bonds is 3. The molecule has 5 heteroatoms. The summed E-state index contributed by atoms with van der Waals surface area (Å²) in [5.41, 5.74) is -0.618. The van der Waals surface area contributed by atoms with Gasteiger partial charge in [-0.25, -0.2) is 9.18 Å². The summed E-state index contributed by atoms with van der Waals surface area (Å²) in [6.45, 7) is 3.17. The van der Waals surface area contributed by atoms with Crippen LogP contribution in [0.2, 0.25) is 0 Å². The lowest BCUT2D eigenvalue weighted by Crippen LogP contribution is -2.40. The van der Waals surface area contributed by atoms with Crippen LogP contribution in [0, 0.1) is 5.82 Å². The van der Waals surface area contributed by atoms with E-state index in [0.717, 1.165) is 6.07 Å². The maximum absolute atomic E-state index is 13.2. The average molecular weight is 242 g/mol. The molecule has 0 aromatic heterocycles. The van der Waals surface area contributed by atoms with Gasteiger partial charge in [0.2, 0.25) is 0 Å². The number of carbonyl (C=O) groups excluding carboxylic acids is 1. The highest BCUT2D eigenvalue weighted by atomic mass is 19.1. The number of hydrogen-bond acceptors (Lipinski definition) is 4. The molecule has 1 aromatic carbocycles. The van der Waals surface area contributed by atoms with Gasteiger partial charge in [0.25, 0.3) is 0 Å². The molecule has 0 spiro atoms. The number of methoxy groups -OCH3 is 1. The van der Waals surface area contributed by atoms with Gasteiger partial charge in [-0.2, -0.15) is 0 Å². The molecule has 0 heterocycles. The van der Waals surface area contributed by atoms with E-state index in [-0.39, 0.29) is 0 Å². The van der Waals surface area contributed by atoms with Crippen LogP contribution in [0.25, 0.3) is 0 Å². The zero-order valence-corrected chi connectivity index (χ0v) is 9.90. The van der Waals surface area contributed by atoms with Crippen LogP contribution in [0.4, 0.5) is 4.39 Å². The number of ether oxygens (including phenoxy) is 1. The molecule has 0 radical (unpaired) electrons. The van der Waals surface area contributed by atoms with Crippen LogP contribution in [0.15, 0.2) is 18.2 Å². The minimum absolute atomic E-state index is 0.394. The zero-order valence-electron chi connectivity index (χ0n) is 9.90. The molecule has 1 rings (SSSR count). The number of phenols is 1. The third-order valence-electron chi connectivity index (χ3n) is 2.80. The molecule has 4 nitrogen and oxygen atoms in total. The topological polar surface area (TPSA) is 66.8 Å². The van der Waals surface area contributed by atoms with E-state index in [1.54, 1.807) is 13.8 Å².